The van der Waals surface area contributed by atoms with Crippen molar-refractivity contribution in [1.82, 2.24) is 20.0 Å². The molecule has 0 aliphatic heterocycles. The second kappa shape index (κ2) is 5.09. The summed E-state index contributed by atoms with van der Waals surface area (Å²) in [5.41, 5.74) is 9.31. The van der Waals surface area contributed by atoms with Crippen LogP contribution in [-0.2, 0) is 19.4 Å². The van der Waals surface area contributed by atoms with Crippen LogP contribution in [-0.4, -0.2) is 37.6 Å². The second-order valence-corrected chi connectivity index (χ2v) is 4.96. The molecule has 2 aromatic rings. The molecule has 2 aromatic heterocycles. The Morgan fingerprint density at radius 3 is 3.05 bits per heavy atom. The van der Waals surface area contributed by atoms with Crippen LogP contribution in [0.1, 0.15) is 34.6 Å². The van der Waals surface area contributed by atoms with Crippen molar-refractivity contribution < 1.29 is 9.90 Å². The summed E-state index contributed by atoms with van der Waals surface area (Å²) in [6.45, 7) is 1.19. The number of aromatic nitrogens is 4. The first-order chi connectivity index (χ1) is 9.72. The number of fused-ring (bicyclic) bond motifs is 3. The first-order valence-electron chi connectivity index (χ1n) is 6.78. The molecule has 0 amide bonds. The molecule has 1 aliphatic carbocycles. The number of rotatable bonds is 5. The molecule has 0 bridgehead atoms. The predicted octanol–water partition coefficient (Wildman–Crippen LogP) is 0.809. The maximum Gasteiger partial charge on any atom is 0.354 e. The van der Waals surface area contributed by atoms with Crippen LogP contribution in [0, 0.1) is 0 Å². The van der Waals surface area contributed by atoms with Gasteiger partial charge in [0.1, 0.15) is 5.69 Å². The van der Waals surface area contributed by atoms with Gasteiger partial charge in [0, 0.05) is 23.4 Å². The number of aromatic amines is 1. The Morgan fingerprint density at radius 2 is 2.30 bits per heavy atom. The van der Waals surface area contributed by atoms with Crippen molar-refractivity contribution in [3.05, 3.63) is 23.1 Å². The molecule has 20 heavy (non-hydrogen) atoms. The van der Waals surface area contributed by atoms with E-state index in [9.17, 15) is 9.90 Å². The van der Waals surface area contributed by atoms with Crippen molar-refractivity contribution in [3.8, 4) is 11.3 Å². The largest absolute Gasteiger partial charge is 0.477 e. The van der Waals surface area contributed by atoms with Crippen LogP contribution in [0.5, 0.6) is 0 Å². The van der Waals surface area contributed by atoms with Crippen molar-refractivity contribution in [2.45, 2.75) is 32.2 Å². The number of unbranched alkanes of at least 4 members (excludes halogenated alkanes) is 1. The number of H-pyrrole nitrogens is 1. The van der Waals surface area contributed by atoms with E-state index in [1.807, 2.05) is 0 Å². The molecule has 1 aliphatic rings. The maximum atomic E-state index is 11.5. The summed E-state index contributed by atoms with van der Waals surface area (Å²) in [4.78, 5) is 11.5. The third kappa shape index (κ3) is 2.00. The molecule has 0 unspecified atom stereocenters. The van der Waals surface area contributed by atoms with E-state index in [0.29, 0.717) is 25.2 Å². The highest BCUT2D eigenvalue weighted by atomic mass is 16.4. The molecule has 2 heterocycles. The zero-order chi connectivity index (χ0) is 14.1. The van der Waals surface area contributed by atoms with E-state index in [4.69, 9.17) is 5.73 Å². The van der Waals surface area contributed by atoms with Crippen molar-refractivity contribution in [3.63, 3.8) is 0 Å². The second-order valence-electron chi connectivity index (χ2n) is 4.96. The van der Waals surface area contributed by atoms with Crippen LogP contribution in [0.2, 0.25) is 0 Å². The summed E-state index contributed by atoms with van der Waals surface area (Å²) in [6, 6.07) is 0. The van der Waals surface area contributed by atoms with Crippen LogP contribution in [0.25, 0.3) is 11.3 Å². The first kappa shape index (κ1) is 12.9. The minimum absolute atomic E-state index is 0.309. The Hall–Kier alpha value is -2.15. The molecule has 0 atom stereocenters. The number of carboxylic acid groups (broad SMARTS) is 1. The number of aromatic carboxylic acids is 1. The lowest BCUT2D eigenvalue weighted by Crippen LogP contribution is -2.13. The number of nitrogens with two attached hydrogens (primary N) is 1. The van der Waals surface area contributed by atoms with Crippen LogP contribution >= 0.6 is 0 Å². The Bertz CT molecular complexity index is 643. The molecule has 0 fully saturated rings. The molecule has 3 rings (SSSR count). The zero-order valence-corrected chi connectivity index (χ0v) is 11.1. The average molecular weight is 275 g/mol. The van der Waals surface area contributed by atoms with Crippen molar-refractivity contribution in [1.29, 1.82) is 0 Å². The average Bonchev–Trinajstić information content (AvgIpc) is 3.01. The monoisotopic (exact) mass is 275 g/mol. The molecule has 7 nitrogen and oxygen atoms in total. The molecule has 106 valence electrons. The third-order valence-electron chi connectivity index (χ3n) is 3.68. The predicted molar refractivity (Wildman–Crippen MR) is 72.5 cm³/mol. The molecule has 4 N–H and O–H groups in total. The van der Waals surface area contributed by atoms with Crippen LogP contribution in [0.4, 0.5) is 0 Å². The van der Waals surface area contributed by atoms with Gasteiger partial charge < -0.3 is 10.8 Å². The molecule has 0 saturated heterocycles. The van der Waals surface area contributed by atoms with Gasteiger partial charge in [-0.1, -0.05) is 0 Å². The van der Waals surface area contributed by atoms with Gasteiger partial charge in [0.05, 0.1) is 11.9 Å². The minimum atomic E-state index is -0.918. The smallest absolute Gasteiger partial charge is 0.354 e. The van der Waals surface area contributed by atoms with Gasteiger partial charge in [-0.25, -0.2) is 4.79 Å². The summed E-state index contributed by atoms with van der Waals surface area (Å²) in [5, 5.41) is 20.9. The molecular weight excluding hydrogens is 258 g/mol. The van der Waals surface area contributed by atoms with E-state index in [2.05, 4.69) is 15.3 Å². The number of nitrogens with zero attached hydrogens (tertiary/aromatic N) is 3. The highest BCUT2D eigenvalue weighted by molar-refractivity contribution is 5.90. The van der Waals surface area contributed by atoms with Crippen molar-refractivity contribution in [2.75, 3.05) is 6.54 Å². The molecular formula is C13H17N5O2. The van der Waals surface area contributed by atoms with E-state index in [-0.39, 0.29) is 0 Å². The van der Waals surface area contributed by atoms with Crippen LogP contribution in [0.3, 0.4) is 0 Å². The van der Waals surface area contributed by atoms with E-state index in [0.717, 1.165) is 41.8 Å². The van der Waals surface area contributed by atoms with Gasteiger partial charge in [-0.3, -0.25) is 9.78 Å². The van der Waals surface area contributed by atoms with Gasteiger partial charge in [-0.05, 0) is 32.2 Å². The van der Waals surface area contributed by atoms with E-state index in [1.54, 1.807) is 10.9 Å². The quantitative estimate of drug-likeness (QED) is 0.699. The van der Waals surface area contributed by atoms with E-state index >= 15 is 0 Å². The van der Waals surface area contributed by atoms with Crippen molar-refractivity contribution in [2.24, 2.45) is 5.73 Å². The van der Waals surface area contributed by atoms with Gasteiger partial charge in [0.2, 0.25) is 0 Å². The fourth-order valence-electron chi connectivity index (χ4n) is 2.72. The normalized spacial score (nSPS) is 13.1. The fraction of sp³-hybridized carbons (Fsp3) is 0.462. The molecule has 7 heteroatoms. The third-order valence-corrected chi connectivity index (χ3v) is 3.68. The Kier molecular flexibility index (Phi) is 3.27. The molecule has 0 saturated carbocycles. The lowest BCUT2D eigenvalue weighted by molar-refractivity contribution is 0.0681. The lowest BCUT2D eigenvalue weighted by Gasteiger charge is -2.10. The Morgan fingerprint density at radius 1 is 1.45 bits per heavy atom. The zero-order valence-electron chi connectivity index (χ0n) is 11.1. The van der Waals surface area contributed by atoms with Gasteiger partial charge in [-0.15, -0.1) is 0 Å². The molecule has 0 aromatic carbocycles. The summed E-state index contributed by atoms with van der Waals surface area (Å²) >= 11 is 0. The van der Waals surface area contributed by atoms with Gasteiger partial charge in [0.15, 0.2) is 0 Å². The highest BCUT2D eigenvalue weighted by Crippen LogP contribution is 2.33. The number of hydrogen-bond donors (Lipinski definition) is 3. The Labute approximate surface area is 115 Å². The molecule has 0 radical (unpaired) electrons. The van der Waals surface area contributed by atoms with Gasteiger partial charge in [-0.2, -0.15) is 10.2 Å². The van der Waals surface area contributed by atoms with Crippen molar-refractivity contribution >= 4 is 5.97 Å². The number of carbonyl (C=O) groups is 1. The Balaban J connectivity index is 2.02. The topological polar surface area (TPSA) is 110 Å². The number of hydrogen-bond acceptors (Lipinski definition) is 4. The maximum absolute atomic E-state index is 11.5. The first-order valence-corrected chi connectivity index (χ1v) is 6.78. The molecule has 0 spiro atoms. The van der Waals surface area contributed by atoms with Gasteiger partial charge >= 0.3 is 5.97 Å². The SMILES string of the molecule is NCCCCn1nc2c(c1C(=O)O)CCc1[nH]ncc1-2. The summed E-state index contributed by atoms with van der Waals surface area (Å²) < 4.78 is 1.60. The van der Waals surface area contributed by atoms with Crippen LogP contribution < -0.4 is 5.73 Å². The van der Waals surface area contributed by atoms with Gasteiger partial charge in [0.25, 0.3) is 0 Å². The van der Waals surface area contributed by atoms with E-state index in [1.165, 1.54) is 0 Å². The summed E-state index contributed by atoms with van der Waals surface area (Å²) in [6.07, 6.45) is 4.87. The number of carboxylic acids is 1. The van der Waals surface area contributed by atoms with E-state index < -0.39 is 5.97 Å². The summed E-state index contributed by atoms with van der Waals surface area (Å²) in [5.74, 6) is -0.918. The number of aryl methyl sites for hydroxylation is 2. The lowest BCUT2D eigenvalue weighted by atomic mass is 9.94. The van der Waals surface area contributed by atoms with Crippen LogP contribution in [0.15, 0.2) is 6.20 Å². The summed E-state index contributed by atoms with van der Waals surface area (Å²) in [7, 11) is 0. The standard InChI is InChI=1S/C13H17N5O2/c14-5-1-2-6-18-12(13(19)20)8-3-4-10-9(7-15-16-10)11(8)17-18/h7H,1-6,14H2,(H,15,16)(H,19,20). The highest BCUT2D eigenvalue weighted by Gasteiger charge is 2.28. The fourth-order valence-corrected chi connectivity index (χ4v) is 2.72. The minimum Gasteiger partial charge on any atom is -0.477 e. The number of nitrogens with one attached hydrogen (secondary N) is 1.